The molecule has 6 heteroatoms. The van der Waals surface area contributed by atoms with Gasteiger partial charge in [-0.25, -0.2) is 9.79 Å². The Morgan fingerprint density at radius 1 is 1.18 bits per heavy atom. The van der Waals surface area contributed by atoms with Gasteiger partial charge >= 0.3 is 6.09 Å². The molecule has 1 amide bonds. The Balaban J connectivity index is 1.47. The second kappa shape index (κ2) is 7.57. The topological polar surface area (TPSA) is 62.7 Å². The third-order valence-corrected chi connectivity index (χ3v) is 6.65. The lowest BCUT2D eigenvalue weighted by atomic mass is 9.91. The second-order valence-electron chi connectivity index (χ2n) is 6.60. The van der Waals surface area contributed by atoms with Crippen LogP contribution in [0.5, 0.6) is 0 Å². The van der Waals surface area contributed by atoms with E-state index in [-0.39, 0.29) is 0 Å². The van der Waals surface area contributed by atoms with Gasteiger partial charge in [-0.05, 0) is 32.1 Å². The fourth-order valence-corrected chi connectivity index (χ4v) is 5.53. The van der Waals surface area contributed by atoms with E-state index in [0.717, 1.165) is 23.3 Å². The molecule has 124 valence electrons. The van der Waals surface area contributed by atoms with Gasteiger partial charge in [0.15, 0.2) is 0 Å². The van der Waals surface area contributed by atoms with E-state index in [1.54, 1.807) is 0 Å². The summed E-state index contributed by atoms with van der Waals surface area (Å²) in [7, 11) is 1.37. The summed E-state index contributed by atoms with van der Waals surface area (Å²) in [5, 5.41) is 7.62. The smallest absolute Gasteiger partial charge is 0.413 e. The summed E-state index contributed by atoms with van der Waals surface area (Å²) in [5.74, 6) is 0.585. The molecule has 0 aromatic carbocycles. The summed E-state index contributed by atoms with van der Waals surface area (Å²) in [4.78, 5) is 15.9. The quantitative estimate of drug-likeness (QED) is 0.766. The number of carbonyl (C=O) groups excluding carboxylic acids is 1. The highest BCUT2D eigenvalue weighted by Gasteiger charge is 2.36. The van der Waals surface area contributed by atoms with Crippen LogP contribution in [0, 0.1) is 0 Å². The summed E-state index contributed by atoms with van der Waals surface area (Å²) in [5.41, 5.74) is 0. The molecule has 0 bridgehead atoms. The van der Waals surface area contributed by atoms with Gasteiger partial charge in [-0.15, -0.1) is 0 Å². The van der Waals surface area contributed by atoms with E-state index in [2.05, 4.69) is 32.1 Å². The van der Waals surface area contributed by atoms with Crippen molar-refractivity contribution < 1.29 is 9.53 Å². The number of alkyl carbamates (subject to hydrolysis) is 1. The van der Waals surface area contributed by atoms with E-state index in [4.69, 9.17) is 0 Å². The maximum Gasteiger partial charge on any atom is 0.413 e. The second-order valence-corrected chi connectivity index (χ2v) is 8.20. The maximum atomic E-state index is 11.3. The number of rotatable bonds is 2. The van der Waals surface area contributed by atoms with Gasteiger partial charge < -0.3 is 10.1 Å². The Kier molecular flexibility index (Phi) is 5.50. The first-order valence-electron chi connectivity index (χ1n) is 8.59. The monoisotopic (exact) mass is 325 g/mol. The highest BCUT2D eigenvalue weighted by molar-refractivity contribution is 8.00. The van der Waals surface area contributed by atoms with Crippen LogP contribution in [0.15, 0.2) is 4.99 Å². The van der Waals surface area contributed by atoms with Crippen molar-refractivity contribution in [3.63, 3.8) is 0 Å². The average molecular weight is 325 g/mol. The van der Waals surface area contributed by atoms with Gasteiger partial charge in [0.25, 0.3) is 0 Å². The summed E-state index contributed by atoms with van der Waals surface area (Å²) in [6, 6.07) is 0.697. The molecule has 1 aliphatic heterocycles. The number of thioether (sulfide) groups is 1. The number of hydrogen-bond donors (Lipinski definition) is 2. The van der Waals surface area contributed by atoms with E-state index in [1.807, 2.05) is 0 Å². The lowest BCUT2D eigenvalue weighted by Gasteiger charge is -2.32. The van der Waals surface area contributed by atoms with Crippen molar-refractivity contribution in [2.45, 2.75) is 80.4 Å². The zero-order valence-corrected chi connectivity index (χ0v) is 14.2. The fraction of sp³-hybridized carbons (Fsp3) is 0.875. The van der Waals surface area contributed by atoms with Gasteiger partial charge in [-0.3, -0.25) is 5.32 Å². The van der Waals surface area contributed by atoms with Crippen LogP contribution in [-0.4, -0.2) is 41.7 Å². The minimum absolute atomic E-state index is 0.318. The summed E-state index contributed by atoms with van der Waals surface area (Å²) >= 11 is 2.22. The molecule has 3 aliphatic rings. The summed E-state index contributed by atoms with van der Waals surface area (Å²) < 4.78 is 4.62. The zero-order chi connectivity index (χ0) is 15.4. The van der Waals surface area contributed by atoms with Gasteiger partial charge in [-0.2, -0.15) is 11.8 Å². The number of nitrogens with one attached hydrogen (secondary N) is 2. The number of carbonyl (C=O) groups is 1. The molecule has 0 radical (unpaired) electrons. The van der Waals surface area contributed by atoms with Gasteiger partial charge in [0.05, 0.1) is 19.2 Å². The highest BCUT2D eigenvalue weighted by atomic mass is 32.2. The van der Waals surface area contributed by atoms with Gasteiger partial charge in [-0.1, -0.05) is 25.7 Å². The first-order valence-corrected chi connectivity index (χ1v) is 9.53. The van der Waals surface area contributed by atoms with E-state index in [0.29, 0.717) is 18.0 Å². The molecule has 0 aromatic heterocycles. The Bertz CT molecular complexity index is 422. The molecule has 3 rings (SSSR count). The van der Waals surface area contributed by atoms with Crippen LogP contribution in [-0.2, 0) is 4.74 Å². The normalized spacial score (nSPS) is 32.4. The van der Waals surface area contributed by atoms with Crippen molar-refractivity contribution in [1.82, 2.24) is 10.6 Å². The molecule has 2 aliphatic carbocycles. The van der Waals surface area contributed by atoms with E-state index >= 15 is 0 Å². The van der Waals surface area contributed by atoms with Gasteiger partial charge in [0.1, 0.15) is 0 Å². The van der Waals surface area contributed by atoms with Crippen LogP contribution in [0.3, 0.4) is 0 Å². The van der Waals surface area contributed by atoms with Crippen molar-refractivity contribution >= 4 is 23.8 Å². The molecule has 0 saturated heterocycles. The minimum atomic E-state index is -0.450. The number of guanidine groups is 1. The Hall–Kier alpha value is -0.910. The minimum Gasteiger partial charge on any atom is -0.453 e. The third-order valence-electron chi connectivity index (χ3n) is 4.98. The molecule has 2 N–H and O–H groups in total. The predicted molar refractivity (Wildman–Crippen MR) is 90.4 cm³/mol. The van der Waals surface area contributed by atoms with Crippen molar-refractivity contribution in [1.29, 1.82) is 0 Å². The molecule has 0 aromatic rings. The molecular weight excluding hydrogens is 298 g/mol. The largest absolute Gasteiger partial charge is 0.453 e. The number of amides is 1. The Labute approximate surface area is 137 Å². The predicted octanol–water partition coefficient (Wildman–Crippen LogP) is 3.05. The standard InChI is InChI=1S/C16H27N3O2S/c1-21-16(20)19-15-17-13-9-8-12(10-14(13)18-15)22-11-6-4-2-3-5-7-11/h11-14H,2-10H2,1H3,(H2,17,18,19,20). The number of hydrogen-bond acceptors (Lipinski definition) is 5. The van der Waals surface area contributed by atoms with Crippen molar-refractivity contribution in [3.8, 4) is 0 Å². The number of aliphatic imine (C=N–C) groups is 1. The molecule has 2 fully saturated rings. The molecule has 5 nitrogen and oxygen atoms in total. The van der Waals surface area contributed by atoms with Crippen LogP contribution < -0.4 is 10.6 Å². The third kappa shape index (κ3) is 4.09. The lowest BCUT2D eigenvalue weighted by molar-refractivity contribution is 0.176. The molecule has 2 saturated carbocycles. The van der Waals surface area contributed by atoms with Crippen LogP contribution in [0.1, 0.15) is 57.8 Å². The molecule has 22 heavy (non-hydrogen) atoms. The first kappa shape index (κ1) is 16.0. The van der Waals surface area contributed by atoms with E-state index in [9.17, 15) is 4.79 Å². The number of fused-ring (bicyclic) bond motifs is 1. The van der Waals surface area contributed by atoms with E-state index in [1.165, 1.54) is 52.1 Å². The molecule has 0 spiro atoms. The number of ether oxygens (including phenoxy) is 1. The molecule has 1 heterocycles. The van der Waals surface area contributed by atoms with Crippen molar-refractivity contribution in [2.24, 2.45) is 4.99 Å². The van der Waals surface area contributed by atoms with Crippen LogP contribution >= 0.6 is 11.8 Å². The highest BCUT2D eigenvalue weighted by Crippen LogP contribution is 2.38. The van der Waals surface area contributed by atoms with Crippen molar-refractivity contribution in [3.05, 3.63) is 0 Å². The first-order chi connectivity index (χ1) is 10.7. The van der Waals surface area contributed by atoms with E-state index < -0.39 is 6.09 Å². The van der Waals surface area contributed by atoms with Crippen LogP contribution in [0.2, 0.25) is 0 Å². The van der Waals surface area contributed by atoms with Crippen LogP contribution in [0.4, 0.5) is 4.79 Å². The number of nitrogens with zero attached hydrogens (tertiary/aromatic N) is 1. The van der Waals surface area contributed by atoms with Crippen LogP contribution in [0.25, 0.3) is 0 Å². The molecule has 3 unspecified atom stereocenters. The maximum absolute atomic E-state index is 11.3. The Morgan fingerprint density at radius 2 is 1.95 bits per heavy atom. The zero-order valence-electron chi connectivity index (χ0n) is 13.3. The SMILES string of the molecule is COC(=O)NC1=NC2CCC(SC3CCCCCC3)CC2N1. The van der Waals surface area contributed by atoms with Crippen molar-refractivity contribution in [2.75, 3.05) is 7.11 Å². The lowest BCUT2D eigenvalue weighted by Crippen LogP contribution is -2.45. The molecule has 3 atom stereocenters. The summed E-state index contributed by atoms with van der Waals surface area (Å²) in [6.45, 7) is 0. The Morgan fingerprint density at radius 3 is 2.68 bits per heavy atom. The fourth-order valence-electron chi connectivity index (χ4n) is 3.79. The van der Waals surface area contributed by atoms with Gasteiger partial charge in [0, 0.05) is 10.5 Å². The molecular formula is C16H27N3O2S. The van der Waals surface area contributed by atoms with Gasteiger partial charge in [0.2, 0.25) is 5.96 Å². The number of methoxy groups -OCH3 is 1. The summed E-state index contributed by atoms with van der Waals surface area (Å²) in [6.07, 6.45) is 11.5. The average Bonchev–Trinajstić information content (AvgIpc) is 2.73.